The highest BCUT2D eigenvalue weighted by Gasteiger charge is 2.20. The summed E-state index contributed by atoms with van der Waals surface area (Å²) in [6.07, 6.45) is 1.35. The van der Waals surface area contributed by atoms with Gasteiger partial charge >= 0.3 is 0 Å². The zero-order valence-electron chi connectivity index (χ0n) is 22.3. The number of hydrogen-bond donors (Lipinski definition) is 5. The van der Waals surface area contributed by atoms with Crippen molar-refractivity contribution in [3.05, 3.63) is 53.2 Å². The van der Waals surface area contributed by atoms with Gasteiger partial charge in [-0.3, -0.25) is 14.6 Å². The van der Waals surface area contributed by atoms with E-state index >= 15 is 0 Å². The molecule has 0 aliphatic rings. The number of nitrogens with two attached hydrogens (primary N) is 2. The Bertz CT molecular complexity index is 1290. The number of benzene rings is 2. The van der Waals surface area contributed by atoms with Gasteiger partial charge in [0.15, 0.2) is 11.5 Å². The van der Waals surface area contributed by atoms with E-state index in [9.17, 15) is 14.7 Å². The Morgan fingerprint density at radius 1 is 1.08 bits per heavy atom. The number of aromatic nitrogens is 1. The van der Waals surface area contributed by atoms with E-state index < -0.39 is 24.0 Å². The molecule has 2 atom stereocenters. The van der Waals surface area contributed by atoms with Crippen LogP contribution in [0.25, 0.3) is 10.9 Å². The van der Waals surface area contributed by atoms with Crippen molar-refractivity contribution in [1.29, 1.82) is 0 Å². The number of ether oxygens (including phenoxy) is 2. The number of aliphatic hydroxyl groups is 1. The van der Waals surface area contributed by atoms with Gasteiger partial charge in [-0.05, 0) is 50.5 Å². The maximum absolute atomic E-state index is 12.3. The number of hydrogen-bond acceptors (Lipinski definition) is 8. The van der Waals surface area contributed by atoms with E-state index in [4.69, 9.17) is 20.9 Å². The minimum atomic E-state index is -1.01. The van der Waals surface area contributed by atoms with Gasteiger partial charge < -0.3 is 36.7 Å². The van der Waals surface area contributed by atoms with Gasteiger partial charge in [0.1, 0.15) is 6.04 Å². The fourth-order valence-corrected chi connectivity index (χ4v) is 4.24. The summed E-state index contributed by atoms with van der Waals surface area (Å²) in [4.78, 5) is 28.8. The molecule has 2 aromatic carbocycles. The number of primary amides is 1. The first-order chi connectivity index (χ1) is 18.2. The number of amides is 2. The molecule has 3 aromatic rings. The van der Waals surface area contributed by atoms with Crippen LogP contribution in [0.15, 0.2) is 36.5 Å². The lowest BCUT2D eigenvalue weighted by Crippen LogP contribution is -2.46. The average molecular weight is 524 g/mol. The van der Waals surface area contributed by atoms with Crippen LogP contribution in [0.1, 0.15) is 44.4 Å². The minimum Gasteiger partial charge on any atom is -0.490 e. The lowest BCUT2D eigenvalue weighted by Gasteiger charge is -2.20. The molecule has 0 radical (unpaired) electrons. The molecule has 204 valence electrons. The Kier molecular flexibility index (Phi) is 9.86. The van der Waals surface area contributed by atoms with Crippen molar-refractivity contribution >= 4 is 34.1 Å². The van der Waals surface area contributed by atoms with Gasteiger partial charge in [-0.2, -0.15) is 0 Å². The summed E-state index contributed by atoms with van der Waals surface area (Å²) in [5, 5.41) is 16.7. The summed E-state index contributed by atoms with van der Waals surface area (Å²) >= 11 is 0. The molecular weight excluding hydrogens is 486 g/mol. The molecule has 0 spiro atoms. The molecule has 0 saturated heterocycles. The lowest BCUT2D eigenvalue weighted by molar-refractivity contribution is -0.124. The predicted octanol–water partition coefficient (Wildman–Crippen LogP) is 2.69. The predicted molar refractivity (Wildman–Crippen MR) is 148 cm³/mol. The molecule has 2 amide bonds. The molecule has 0 saturated carbocycles. The van der Waals surface area contributed by atoms with E-state index in [0.29, 0.717) is 47.9 Å². The first-order valence-corrected chi connectivity index (χ1v) is 12.8. The number of aliphatic hydroxyl groups excluding tert-OH is 1. The third-order valence-electron chi connectivity index (χ3n) is 6.14. The summed E-state index contributed by atoms with van der Waals surface area (Å²) in [6.45, 7) is 8.46. The number of fused-ring (bicyclic) bond motifs is 1. The molecule has 7 N–H and O–H groups in total. The zero-order chi connectivity index (χ0) is 27.8. The number of nitrogens with one attached hydrogen (secondary N) is 2. The Hall–Kier alpha value is -3.89. The third-order valence-corrected chi connectivity index (χ3v) is 6.14. The van der Waals surface area contributed by atoms with Gasteiger partial charge in [0, 0.05) is 35.4 Å². The molecule has 1 aromatic heterocycles. The monoisotopic (exact) mass is 523 g/mol. The number of pyridine rings is 1. The van der Waals surface area contributed by atoms with Crippen molar-refractivity contribution < 1.29 is 24.2 Å². The quantitative estimate of drug-likeness (QED) is 0.228. The largest absolute Gasteiger partial charge is 0.490 e. The Balaban J connectivity index is 2.08. The second-order valence-corrected chi connectivity index (χ2v) is 8.89. The second kappa shape index (κ2) is 13.1. The van der Waals surface area contributed by atoms with Crippen molar-refractivity contribution in [2.45, 2.75) is 59.2 Å². The maximum Gasteiger partial charge on any atom is 0.239 e. The van der Waals surface area contributed by atoms with E-state index in [2.05, 4.69) is 15.6 Å². The van der Waals surface area contributed by atoms with Crippen LogP contribution in [0.5, 0.6) is 11.5 Å². The molecule has 3 rings (SSSR count). The van der Waals surface area contributed by atoms with Gasteiger partial charge in [0.2, 0.25) is 11.8 Å². The van der Waals surface area contributed by atoms with Gasteiger partial charge in [0.05, 0.1) is 36.9 Å². The fraction of sp³-hybridized carbons (Fsp3) is 0.393. The Morgan fingerprint density at radius 2 is 1.76 bits per heavy atom. The smallest absolute Gasteiger partial charge is 0.239 e. The van der Waals surface area contributed by atoms with E-state index in [1.54, 1.807) is 6.20 Å². The normalized spacial score (nSPS) is 12.6. The highest BCUT2D eigenvalue weighted by Crippen LogP contribution is 2.38. The highest BCUT2D eigenvalue weighted by atomic mass is 16.5. The minimum absolute atomic E-state index is 0.00308. The number of anilines is 2. The number of carbonyl (C=O) groups excluding carboxylic acids is 2. The number of rotatable bonds is 13. The highest BCUT2D eigenvalue weighted by molar-refractivity contribution is 5.98. The van der Waals surface area contributed by atoms with E-state index in [1.165, 1.54) is 6.92 Å². The van der Waals surface area contributed by atoms with Crippen LogP contribution in [-0.4, -0.2) is 47.3 Å². The lowest BCUT2D eigenvalue weighted by atomic mass is 10.0. The van der Waals surface area contributed by atoms with Gasteiger partial charge in [-0.15, -0.1) is 0 Å². The topological polar surface area (TPSA) is 162 Å². The molecule has 1 heterocycles. The Labute approximate surface area is 222 Å². The van der Waals surface area contributed by atoms with Gasteiger partial charge in [0.25, 0.3) is 0 Å². The second-order valence-electron chi connectivity index (χ2n) is 8.89. The molecule has 0 bridgehead atoms. The molecule has 10 heteroatoms. The standard InChI is InChI=1S/C28H37N5O5/c1-5-19-17(14-32-28(36)26(30)16(4)34)9-8-10-21(19)33-27-18(11-25(29)35)15-31-22-13-24(38-7-3)23(37-6-2)12-20(22)27/h8-10,12-13,15-16,26,34H,5-7,11,14,30H2,1-4H3,(H2,29,35)(H,31,33)(H,32,36)/t16-,26+/m1/s1. The van der Waals surface area contributed by atoms with Crippen LogP contribution in [0.4, 0.5) is 11.4 Å². The van der Waals surface area contributed by atoms with Crippen molar-refractivity contribution in [1.82, 2.24) is 10.3 Å². The van der Waals surface area contributed by atoms with Crippen molar-refractivity contribution in [2.24, 2.45) is 11.5 Å². The summed E-state index contributed by atoms with van der Waals surface area (Å²) < 4.78 is 11.6. The molecule has 10 nitrogen and oxygen atoms in total. The first-order valence-electron chi connectivity index (χ1n) is 12.8. The van der Waals surface area contributed by atoms with Crippen molar-refractivity contribution in [2.75, 3.05) is 18.5 Å². The third kappa shape index (κ3) is 6.70. The van der Waals surface area contributed by atoms with Crippen LogP contribution in [-0.2, 0) is 29.0 Å². The van der Waals surface area contributed by atoms with Crippen molar-refractivity contribution in [3.63, 3.8) is 0 Å². The van der Waals surface area contributed by atoms with Gasteiger partial charge in [-0.1, -0.05) is 19.1 Å². The van der Waals surface area contributed by atoms with E-state index in [1.807, 2.05) is 51.1 Å². The SMILES string of the molecule is CCOc1cc2ncc(CC(N)=O)c(Nc3cccc(CNC(=O)[C@@H](N)[C@@H](C)O)c3CC)c2cc1OCC. The maximum atomic E-state index is 12.3. The number of carbonyl (C=O) groups is 2. The van der Waals surface area contributed by atoms with Gasteiger partial charge in [-0.25, -0.2) is 0 Å². The molecule has 38 heavy (non-hydrogen) atoms. The molecule has 0 unspecified atom stereocenters. The first kappa shape index (κ1) is 28.7. The fourth-order valence-electron chi connectivity index (χ4n) is 4.24. The van der Waals surface area contributed by atoms with Crippen LogP contribution in [0, 0.1) is 0 Å². The Morgan fingerprint density at radius 3 is 2.37 bits per heavy atom. The van der Waals surface area contributed by atoms with E-state index in [0.717, 1.165) is 22.2 Å². The molecule has 0 fully saturated rings. The zero-order valence-corrected chi connectivity index (χ0v) is 22.3. The summed E-state index contributed by atoms with van der Waals surface area (Å²) in [5.41, 5.74) is 16.0. The van der Waals surface area contributed by atoms with Crippen LogP contribution < -0.4 is 31.6 Å². The summed E-state index contributed by atoms with van der Waals surface area (Å²) in [5.74, 6) is 0.250. The van der Waals surface area contributed by atoms with E-state index in [-0.39, 0.29) is 13.0 Å². The molecule has 0 aliphatic heterocycles. The van der Waals surface area contributed by atoms with Crippen LogP contribution in [0.3, 0.4) is 0 Å². The molecular formula is C28H37N5O5. The van der Waals surface area contributed by atoms with Crippen LogP contribution in [0.2, 0.25) is 0 Å². The van der Waals surface area contributed by atoms with Crippen LogP contribution >= 0.6 is 0 Å². The molecule has 0 aliphatic carbocycles. The average Bonchev–Trinajstić information content (AvgIpc) is 2.88. The number of nitrogens with zero attached hydrogens (tertiary/aromatic N) is 1. The van der Waals surface area contributed by atoms with Crippen molar-refractivity contribution in [3.8, 4) is 11.5 Å². The summed E-state index contributed by atoms with van der Waals surface area (Å²) in [7, 11) is 0. The summed E-state index contributed by atoms with van der Waals surface area (Å²) in [6, 6.07) is 8.41.